The molecule has 1 fully saturated rings. The van der Waals surface area contributed by atoms with Gasteiger partial charge in [0.25, 0.3) is 5.78 Å². The molecule has 1 N–H and O–H groups in total. The lowest BCUT2D eigenvalue weighted by molar-refractivity contribution is -0.132. The van der Waals surface area contributed by atoms with Gasteiger partial charge in [-0.15, -0.1) is 0 Å². The van der Waals surface area contributed by atoms with Crippen LogP contribution in [-0.4, -0.2) is 49.7 Å². The topological polar surface area (TPSA) is 107 Å². The van der Waals surface area contributed by atoms with Crippen LogP contribution >= 0.6 is 11.3 Å². The third kappa shape index (κ3) is 4.58. The van der Waals surface area contributed by atoms with E-state index in [1.807, 2.05) is 13.0 Å². The molecule has 0 radical (unpaired) electrons. The highest BCUT2D eigenvalue weighted by atomic mass is 32.1. The van der Waals surface area contributed by atoms with Crippen molar-refractivity contribution >= 4 is 44.1 Å². The first-order chi connectivity index (χ1) is 19.3. The number of aromatic nitrogens is 1. The van der Waals surface area contributed by atoms with Gasteiger partial charge in [-0.1, -0.05) is 11.3 Å². The van der Waals surface area contributed by atoms with E-state index >= 15 is 0 Å². The number of hydrogen-bond donors (Lipinski definition) is 1. The average molecular weight is 565 g/mol. The Morgan fingerprint density at radius 1 is 1.00 bits per heavy atom. The second-order valence-corrected chi connectivity index (χ2v) is 9.70. The number of aliphatic hydroxyl groups is 1. The van der Waals surface area contributed by atoms with Gasteiger partial charge in [-0.2, -0.15) is 0 Å². The van der Waals surface area contributed by atoms with E-state index in [1.54, 1.807) is 24.3 Å². The zero-order valence-corrected chi connectivity index (χ0v) is 22.9. The fourth-order valence-electron chi connectivity index (χ4n) is 4.62. The normalized spacial score (nSPS) is 16.4. The van der Waals surface area contributed by atoms with Crippen molar-refractivity contribution in [1.29, 1.82) is 0 Å². The van der Waals surface area contributed by atoms with Crippen molar-refractivity contribution in [2.24, 2.45) is 0 Å². The number of benzene rings is 3. The van der Waals surface area contributed by atoms with Gasteiger partial charge in [-0.05, 0) is 67.1 Å². The van der Waals surface area contributed by atoms with Gasteiger partial charge in [0.1, 0.15) is 17.3 Å². The Morgan fingerprint density at radius 2 is 1.68 bits per heavy atom. The molecular weight excluding hydrogens is 539 g/mol. The third-order valence-electron chi connectivity index (χ3n) is 6.43. The summed E-state index contributed by atoms with van der Waals surface area (Å²) in [5, 5.41) is 11.6. The van der Waals surface area contributed by atoms with Gasteiger partial charge in [0, 0.05) is 5.56 Å². The lowest BCUT2D eigenvalue weighted by atomic mass is 9.94. The Kier molecular flexibility index (Phi) is 7.31. The summed E-state index contributed by atoms with van der Waals surface area (Å²) < 4.78 is 36.4. The Morgan fingerprint density at radius 3 is 2.27 bits per heavy atom. The molecule has 2 heterocycles. The molecular formula is C29H25FN2O7S. The number of methoxy groups -OCH3 is 3. The highest BCUT2D eigenvalue weighted by molar-refractivity contribution is 7.22. The smallest absolute Gasteiger partial charge is 0.301 e. The summed E-state index contributed by atoms with van der Waals surface area (Å²) in [6, 6.07) is 12.4. The molecule has 9 nitrogen and oxygen atoms in total. The second kappa shape index (κ2) is 10.9. The van der Waals surface area contributed by atoms with Crippen LogP contribution in [0.3, 0.4) is 0 Å². The van der Waals surface area contributed by atoms with Gasteiger partial charge in [0.05, 0.1) is 49.8 Å². The molecule has 11 heteroatoms. The number of nitrogens with zero attached hydrogens (tertiary/aromatic N) is 2. The van der Waals surface area contributed by atoms with E-state index < -0.39 is 29.3 Å². The minimum atomic E-state index is -1.12. The zero-order valence-electron chi connectivity index (χ0n) is 22.1. The fourth-order valence-corrected chi connectivity index (χ4v) is 5.64. The summed E-state index contributed by atoms with van der Waals surface area (Å²) in [4.78, 5) is 33.0. The van der Waals surface area contributed by atoms with Crippen LogP contribution in [0.2, 0.25) is 0 Å². The van der Waals surface area contributed by atoms with Crippen LogP contribution in [0.4, 0.5) is 9.52 Å². The van der Waals surface area contributed by atoms with Crippen molar-refractivity contribution in [3.63, 3.8) is 0 Å². The summed E-state index contributed by atoms with van der Waals surface area (Å²) in [5.74, 6) is -1.25. The maximum absolute atomic E-state index is 13.6. The molecule has 1 aliphatic heterocycles. The monoisotopic (exact) mass is 564 g/mol. The van der Waals surface area contributed by atoms with E-state index in [4.69, 9.17) is 18.9 Å². The number of hydrogen-bond acceptors (Lipinski definition) is 9. The molecule has 0 aliphatic carbocycles. The Hall–Kier alpha value is -4.64. The van der Waals surface area contributed by atoms with E-state index in [-0.39, 0.29) is 27.8 Å². The van der Waals surface area contributed by atoms with Crippen LogP contribution in [0, 0.1) is 5.82 Å². The highest BCUT2D eigenvalue weighted by Crippen LogP contribution is 2.48. The number of ether oxygens (including phenoxy) is 4. The molecule has 40 heavy (non-hydrogen) atoms. The van der Waals surface area contributed by atoms with Crippen molar-refractivity contribution in [3.8, 4) is 23.0 Å². The first kappa shape index (κ1) is 26.9. The number of halogens is 1. The lowest BCUT2D eigenvalue weighted by Crippen LogP contribution is -2.29. The molecule has 4 aromatic rings. The third-order valence-corrected chi connectivity index (χ3v) is 7.45. The first-order valence-electron chi connectivity index (χ1n) is 12.2. The molecule has 5 rings (SSSR count). The predicted octanol–water partition coefficient (Wildman–Crippen LogP) is 5.49. The van der Waals surface area contributed by atoms with Crippen LogP contribution in [0.1, 0.15) is 24.1 Å². The number of anilines is 1. The van der Waals surface area contributed by atoms with Gasteiger partial charge in [-0.25, -0.2) is 9.37 Å². The largest absolute Gasteiger partial charge is 0.507 e. The summed E-state index contributed by atoms with van der Waals surface area (Å²) in [6.45, 7) is 2.36. The molecule has 1 amide bonds. The molecule has 0 saturated carbocycles. The van der Waals surface area contributed by atoms with Crippen molar-refractivity contribution in [2.75, 3.05) is 32.8 Å². The van der Waals surface area contributed by atoms with E-state index in [0.29, 0.717) is 29.2 Å². The van der Waals surface area contributed by atoms with Crippen LogP contribution < -0.4 is 23.8 Å². The lowest BCUT2D eigenvalue weighted by Gasteiger charge is -2.24. The quantitative estimate of drug-likeness (QED) is 0.170. The zero-order chi connectivity index (χ0) is 28.6. The SMILES string of the molecule is CCOc1ccc2nc(N3C(=O)C(=O)/C(=C(/O)c4ccc(F)cc4)C3c3cc(OC)c(OC)c(OC)c3)sc2c1. The summed E-state index contributed by atoms with van der Waals surface area (Å²) in [7, 11) is 4.35. The minimum Gasteiger partial charge on any atom is -0.507 e. The Balaban J connectivity index is 1.75. The van der Waals surface area contributed by atoms with Crippen LogP contribution in [0.5, 0.6) is 23.0 Å². The average Bonchev–Trinajstić information content (AvgIpc) is 3.49. The number of ketones is 1. The van der Waals surface area contributed by atoms with Gasteiger partial charge in [0.15, 0.2) is 16.6 Å². The van der Waals surface area contributed by atoms with Crippen LogP contribution in [0.25, 0.3) is 16.0 Å². The van der Waals surface area contributed by atoms with Crippen molar-refractivity contribution in [3.05, 3.63) is 77.1 Å². The van der Waals surface area contributed by atoms with Gasteiger partial charge in [0.2, 0.25) is 5.75 Å². The highest BCUT2D eigenvalue weighted by Gasteiger charge is 2.48. The van der Waals surface area contributed by atoms with Crippen LogP contribution in [-0.2, 0) is 9.59 Å². The van der Waals surface area contributed by atoms with E-state index in [9.17, 15) is 19.1 Å². The molecule has 206 valence electrons. The molecule has 1 atom stereocenters. The molecule has 0 bridgehead atoms. The summed E-state index contributed by atoms with van der Waals surface area (Å²) >= 11 is 1.20. The van der Waals surface area contributed by atoms with Gasteiger partial charge in [-0.3, -0.25) is 14.5 Å². The van der Waals surface area contributed by atoms with Gasteiger partial charge >= 0.3 is 5.91 Å². The Bertz CT molecular complexity index is 1620. The molecule has 1 aliphatic rings. The summed E-state index contributed by atoms with van der Waals surface area (Å²) in [5.41, 5.74) is 0.974. The molecule has 1 aromatic heterocycles. The predicted molar refractivity (Wildman–Crippen MR) is 148 cm³/mol. The van der Waals surface area contributed by atoms with Gasteiger partial charge < -0.3 is 24.1 Å². The minimum absolute atomic E-state index is 0.169. The number of thiazole rings is 1. The summed E-state index contributed by atoms with van der Waals surface area (Å²) in [6.07, 6.45) is 0. The number of aliphatic hydroxyl groups excluding tert-OH is 1. The van der Waals surface area contributed by atoms with Crippen molar-refractivity contribution in [2.45, 2.75) is 13.0 Å². The van der Waals surface area contributed by atoms with E-state index in [0.717, 1.165) is 16.8 Å². The second-order valence-electron chi connectivity index (χ2n) is 8.69. The van der Waals surface area contributed by atoms with Crippen molar-refractivity contribution < 1.29 is 38.0 Å². The number of carbonyl (C=O) groups is 2. The fraction of sp³-hybridized carbons (Fsp3) is 0.207. The Labute approximate surface area is 233 Å². The number of Topliss-reactive ketones (excluding diaryl/α,β-unsaturated/α-hetero) is 1. The number of carbonyl (C=O) groups excluding carboxylic acids is 2. The first-order valence-corrected chi connectivity index (χ1v) is 13.0. The number of rotatable bonds is 8. The van der Waals surface area contributed by atoms with E-state index in [1.165, 1.54) is 49.7 Å². The molecule has 1 saturated heterocycles. The van der Waals surface area contributed by atoms with Crippen LogP contribution in [0.15, 0.2) is 60.2 Å². The molecule has 1 unspecified atom stereocenters. The van der Waals surface area contributed by atoms with Crippen molar-refractivity contribution in [1.82, 2.24) is 4.98 Å². The number of amides is 1. The molecule has 3 aromatic carbocycles. The maximum atomic E-state index is 13.6. The van der Waals surface area contributed by atoms with E-state index in [2.05, 4.69) is 4.98 Å². The standard InChI is InChI=1S/C29H25FN2O7S/c1-5-39-18-10-11-19-22(14-18)40-29(31-19)32-24(16-12-20(36-2)27(38-4)21(13-16)37-3)23(26(34)28(32)35)25(33)15-6-8-17(30)9-7-15/h6-14,24,33H,5H2,1-4H3/b25-23+. The maximum Gasteiger partial charge on any atom is 0.301 e. The molecule has 0 spiro atoms. The number of fused-ring (bicyclic) bond motifs is 1.